The average molecular weight is 252 g/mol. The third-order valence-electron chi connectivity index (χ3n) is 3.34. The topological polar surface area (TPSA) is 55.1 Å². The number of hydrogen-bond acceptors (Lipinski definition) is 3. The predicted molar refractivity (Wildman–Crippen MR) is 71.0 cm³/mol. The second-order valence-electron chi connectivity index (χ2n) is 4.79. The van der Waals surface area contributed by atoms with Crippen molar-refractivity contribution in [3.05, 3.63) is 21.9 Å². The Morgan fingerprint density at radius 2 is 2.12 bits per heavy atom. The number of nitrogens with two attached hydrogens (primary N) is 1. The summed E-state index contributed by atoms with van der Waals surface area (Å²) in [6, 6.07) is 4.18. The Balaban J connectivity index is 2.04. The van der Waals surface area contributed by atoms with Gasteiger partial charge in [-0.3, -0.25) is 10.1 Å². The van der Waals surface area contributed by atoms with Crippen LogP contribution < -0.4 is 11.1 Å². The first kappa shape index (κ1) is 12.6. The molecule has 3 nitrogen and oxygen atoms in total. The highest BCUT2D eigenvalue weighted by Gasteiger charge is 2.24. The van der Waals surface area contributed by atoms with Crippen molar-refractivity contribution in [2.45, 2.75) is 51.1 Å². The summed E-state index contributed by atoms with van der Waals surface area (Å²) >= 11 is 1.65. The Hall–Kier alpha value is -0.870. The molecule has 1 amide bonds. The van der Waals surface area contributed by atoms with Gasteiger partial charge >= 0.3 is 0 Å². The van der Waals surface area contributed by atoms with Crippen molar-refractivity contribution in [2.24, 2.45) is 5.73 Å². The highest BCUT2D eigenvalue weighted by Crippen LogP contribution is 2.25. The van der Waals surface area contributed by atoms with Crippen LogP contribution in [0.15, 0.2) is 12.1 Å². The predicted octanol–water partition coefficient (Wildman–Crippen LogP) is 2.51. The van der Waals surface area contributed by atoms with Gasteiger partial charge in [0.05, 0.1) is 0 Å². The van der Waals surface area contributed by atoms with E-state index in [0.29, 0.717) is 6.04 Å². The Morgan fingerprint density at radius 1 is 1.41 bits per heavy atom. The minimum atomic E-state index is -0.309. The number of amides is 1. The maximum atomic E-state index is 11.5. The molecule has 4 heteroatoms. The molecule has 0 aliphatic heterocycles. The second-order valence-corrected chi connectivity index (χ2v) is 6.10. The molecule has 1 aromatic heterocycles. The van der Waals surface area contributed by atoms with E-state index in [1.807, 2.05) is 19.1 Å². The monoisotopic (exact) mass is 252 g/mol. The first-order valence-corrected chi connectivity index (χ1v) is 7.10. The largest absolute Gasteiger partial charge is 0.368 e. The highest BCUT2D eigenvalue weighted by molar-refractivity contribution is 7.12. The molecule has 0 bridgehead atoms. The van der Waals surface area contributed by atoms with Crippen LogP contribution in [0.3, 0.4) is 0 Å². The number of nitrogens with one attached hydrogen (secondary N) is 1. The number of carbonyl (C=O) groups excluding carboxylic acids is 1. The van der Waals surface area contributed by atoms with Crippen molar-refractivity contribution in [1.29, 1.82) is 0 Å². The molecular weight excluding hydrogens is 232 g/mol. The van der Waals surface area contributed by atoms with Crippen LogP contribution in [0.2, 0.25) is 0 Å². The van der Waals surface area contributed by atoms with E-state index in [1.54, 1.807) is 11.3 Å². The van der Waals surface area contributed by atoms with E-state index >= 15 is 0 Å². The van der Waals surface area contributed by atoms with E-state index in [9.17, 15) is 4.79 Å². The molecule has 17 heavy (non-hydrogen) atoms. The summed E-state index contributed by atoms with van der Waals surface area (Å²) in [5.41, 5.74) is 5.50. The zero-order chi connectivity index (χ0) is 12.3. The van der Waals surface area contributed by atoms with Gasteiger partial charge in [-0.15, -0.1) is 11.3 Å². The molecule has 94 valence electrons. The van der Waals surface area contributed by atoms with Gasteiger partial charge in [-0.2, -0.15) is 0 Å². The molecule has 1 fully saturated rings. The van der Waals surface area contributed by atoms with Gasteiger partial charge in [0.15, 0.2) is 0 Å². The van der Waals surface area contributed by atoms with Crippen molar-refractivity contribution < 1.29 is 4.79 Å². The van der Waals surface area contributed by atoms with Crippen LogP contribution in [-0.4, -0.2) is 11.9 Å². The molecule has 0 radical (unpaired) electrons. The quantitative estimate of drug-likeness (QED) is 0.865. The summed E-state index contributed by atoms with van der Waals surface area (Å²) in [4.78, 5) is 13.8. The fourth-order valence-corrected chi connectivity index (χ4v) is 3.36. The molecule has 0 spiro atoms. The van der Waals surface area contributed by atoms with Crippen LogP contribution in [0.25, 0.3) is 0 Å². The molecule has 1 aliphatic carbocycles. The fraction of sp³-hybridized carbons (Fsp3) is 0.615. The van der Waals surface area contributed by atoms with E-state index in [1.165, 1.54) is 24.1 Å². The van der Waals surface area contributed by atoms with Gasteiger partial charge in [-0.25, -0.2) is 0 Å². The van der Waals surface area contributed by atoms with Crippen LogP contribution in [0.1, 0.15) is 47.9 Å². The summed E-state index contributed by atoms with van der Waals surface area (Å²) in [5.74, 6) is -0.266. The van der Waals surface area contributed by atoms with E-state index < -0.39 is 0 Å². The van der Waals surface area contributed by atoms with Crippen molar-refractivity contribution in [2.75, 3.05) is 0 Å². The van der Waals surface area contributed by atoms with Gasteiger partial charge in [0, 0.05) is 15.8 Å². The lowest BCUT2D eigenvalue weighted by atomic mass is 9.94. The number of aryl methyl sites for hydroxylation is 1. The summed E-state index contributed by atoms with van der Waals surface area (Å²) in [7, 11) is 0. The van der Waals surface area contributed by atoms with Gasteiger partial charge < -0.3 is 5.73 Å². The van der Waals surface area contributed by atoms with E-state index in [-0.39, 0.29) is 11.9 Å². The average Bonchev–Trinajstić information content (AvgIpc) is 2.73. The molecule has 2 rings (SSSR count). The molecule has 1 heterocycles. The third kappa shape index (κ3) is 3.30. The molecule has 0 aromatic carbocycles. The Labute approximate surface area is 106 Å². The summed E-state index contributed by atoms with van der Waals surface area (Å²) in [6.45, 7) is 2.05. The summed E-state index contributed by atoms with van der Waals surface area (Å²) in [6.07, 6.45) is 6.15. The maximum Gasteiger partial charge on any atom is 0.240 e. The Morgan fingerprint density at radius 3 is 2.65 bits per heavy atom. The number of thiophene rings is 1. The van der Waals surface area contributed by atoms with Gasteiger partial charge in [-0.1, -0.05) is 19.3 Å². The lowest BCUT2D eigenvalue weighted by molar-refractivity contribution is -0.120. The first-order valence-electron chi connectivity index (χ1n) is 6.28. The van der Waals surface area contributed by atoms with E-state index in [0.717, 1.165) is 17.7 Å². The van der Waals surface area contributed by atoms with Crippen molar-refractivity contribution >= 4 is 17.2 Å². The van der Waals surface area contributed by atoms with Crippen LogP contribution in [0.5, 0.6) is 0 Å². The third-order valence-corrected chi connectivity index (χ3v) is 4.40. The number of rotatable bonds is 4. The zero-order valence-electron chi connectivity index (χ0n) is 10.2. The van der Waals surface area contributed by atoms with Crippen LogP contribution in [0, 0.1) is 6.92 Å². The molecule has 1 aliphatic rings. The number of primary amides is 1. The minimum absolute atomic E-state index is 0.266. The lowest BCUT2D eigenvalue weighted by Gasteiger charge is -2.26. The van der Waals surface area contributed by atoms with Crippen molar-refractivity contribution in [3.8, 4) is 0 Å². The lowest BCUT2D eigenvalue weighted by Crippen LogP contribution is -2.40. The molecule has 1 aromatic rings. The fourth-order valence-electron chi connectivity index (χ4n) is 2.42. The minimum Gasteiger partial charge on any atom is -0.368 e. The van der Waals surface area contributed by atoms with Crippen LogP contribution in [0.4, 0.5) is 0 Å². The van der Waals surface area contributed by atoms with Gasteiger partial charge in [0.25, 0.3) is 0 Å². The van der Waals surface area contributed by atoms with E-state index in [2.05, 4.69) is 5.32 Å². The van der Waals surface area contributed by atoms with Gasteiger partial charge in [-0.05, 0) is 31.9 Å². The molecule has 3 N–H and O–H groups in total. The van der Waals surface area contributed by atoms with Crippen molar-refractivity contribution in [1.82, 2.24) is 5.32 Å². The molecule has 1 unspecified atom stereocenters. The van der Waals surface area contributed by atoms with E-state index in [4.69, 9.17) is 5.73 Å². The van der Waals surface area contributed by atoms with Gasteiger partial charge in [0.2, 0.25) is 5.91 Å². The summed E-state index contributed by atoms with van der Waals surface area (Å²) in [5, 5.41) is 3.42. The number of hydrogen-bond donors (Lipinski definition) is 2. The number of carbonyl (C=O) groups is 1. The summed E-state index contributed by atoms with van der Waals surface area (Å²) < 4.78 is 0. The Kier molecular flexibility index (Phi) is 4.18. The normalized spacial score (nSPS) is 19.1. The first-order chi connectivity index (χ1) is 8.16. The van der Waals surface area contributed by atoms with Crippen LogP contribution >= 0.6 is 11.3 Å². The van der Waals surface area contributed by atoms with Gasteiger partial charge in [0.1, 0.15) is 6.04 Å². The standard InChI is InChI=1S/C13H20N2OS/c1-9-7-8-11(17-9)12(13(14)16)15-10-5-3-2-4-6-10/h7-8,10,12,15H,2-6H2,1H3,(H2,14,16). The zero-order valence-corrected chi connectivity index (χ0v) is 11.1. The molecular formula is C13H20N2OS. The Bertz CT molecular complexity index is 383. The smallest absolute Gasteiger partial charge is 0.240 e. The van der Waals surface area contributed by atoms with Crippen molar-refractivity contribution in [3.63, 3.8) is 0 Å². The molecule has 0 saturated heterocycles. The SMILES string of the molecule is Cc1ccc(C(NC2CCCCC2)C(N)=O)s1. The maximum absolute atomic E-state index is 11.5. The molecule has 1 saturated carbocycles. The highest BCUT2D eigenvalue weighted by atomic mass is 32.1. The van der Waals surface area contributed by atoms with Crippen LogP contribution in [-0.2, 0) is 4.79 Å². The molecule has 1 atom stereocenters. The second kappa shape index (κ2) is 5.65.